The minimum atomic E-state index is 0.0870. The van der Waals surface area contributed by atoms with Crippen LogP contribution < -0.4 is 16.5 Å². The number of halogens is 2. The van der Waals surface area contributed by atoms with Crippen LogP contribution in [-0.4, -0.2) is 56.3 Å². The number of rotatable bonds is 12. The van der Waals surface area contributed by atoms with Crippen LogP contribution >= 0.6 is 45.2 Å². The smallest absolute Gasteiger partial charge is 0.0540 e. The molecule has 0 saturated carbocycles. The maximum atomic E-state index is 3.37. The maximum Gasteiger partial charge on any atom is 0.0540 e. The molecule has 3 N–H and O–H groups in total. The fourth-order valence-electron chi connectivity index (χ4n) is 1.61. The van der Waals surface area contributed by atoms with Crippen molar-refractivity contribution < 1.29 is 0 Å². The van der Waals surface area contributed by atoms with Crippen LogP contribution in [0.25, 0.3) is 0 Å². The molecule has 0 aliphatic heterocycles. The number of hydrazine groups is 5. The zero-order chi connectivity index (χ0) is 16.5. The van der Waals surface area contributed by atoms with Gasteiger partial charge in [0.1, 0.15) is 0 Å². The summed E-state index contributed by atoms with van der Waals surface area (Å²) in [5, 5.41) is 6.04. The quantitative estimate of drug-likeness (QED) is 0.157. The molecule has 6 nitrogen and oxygen atoms in total. The zero-order valence-corrected chi connectivity index (χ0v) is 18.5. The molecule has 8 heteroatoms. The van der Waals surface area contributed by atoms with Crippen molar-refractivity contribution in [2.24, 2.45) is 0 Å². The Labute approximate surface area is 157 Å². The van der Waals surface area contributed by atoms with Crippen molar-refractivity contribution >= 4 is 45.2 Å². The molecular formula is C13H32I2N6. The number of hydrogen-bond donors (Lipinski definition) is 3. The topological polar surface area (TPSA) is 45.8 Å². The summed E-state index contributed by atoms with van der Waals surface area (Å²) in [6.07, 6.45) is 2.37. The standard InChI is InChI=1S/C13H32I2N6/c1-7-9-10-16-21(8-2)18-20(6)17-19(5)13(4,11-14)12(3)15/h12,16-18H,7-11H2,1-6H3. The highest BCUT2D eigenvalue weighted by Crippen LogP contribution is 2.25. The number of unbranched alkanes of at least 4 members (excludes halogenated alkanes) is 1. The first kappa shape index (κ1) is 22.2. The van der Waals surface area contributed by atoms with Crippen LogP contribution in [0, 0.1) is 0 Å². The predicted octanol–water partition coefficient (Wildman–Crippen LogP) is 2.33. The second kappa shape index (κ2) is 11.7. The summed E-state index contributed by atoms with van der Waals surface area (Å²) in [7, 11) is 4.07. The van der Waals surface area contributed by atoms with Gasteiger partial charge >= 0.3 is 0 Å². The largest absolute Gasteiger partial charge is 0.240 e. The molecule has 0 amide bonds. The molecule has 0 aromatic rings. The molecule has 0 saturated heterocycles. The summed E-state index contributed by atoms with van der Waals surface area (Å²) in [6.45, 7) is 10.7. The fourth-order valence-corrected chi connectivity index (χ4v) is 4.27. The molecule has 0 heterocycles. The molecule has 0 bridgehead atoms. The van der Waals surface area contributed by atoms with Crippen molar-refractivity contribution in [2.45, 2.75) is 50.0 Å². The van der Waals surface area contributed by atoms with Crippen LogP contribution in [0.15, 0.2) is 0 Å². The molecule has 0 rings (SSSR count). The van der Waals surface area contributed by atoms with E-state index in [1.807, 2.05) is 17.3 Å². The van der Waals surface area contributed by atoms with Crippen LogP contribution in [0.1, 0.15) is 40.5 Å². The lowest BCUT2D eigenvalue weighted by Gasteiger charge is -2.42. The summed E-state index contributed by atoms with van der Waals surface area (Å²) >= 11 is 4.94. The Bertz CT molecular complexity index is 269. The van der Waals surface area contributed by atoms with Gasteiger partial charge in [-0.15, -0.1) is 0 Å². The minimum Gasteiger partial charge on any atom is -0.240 e. The molecule has 0 aromatic heterocycles. The molecule has 0 radical (unpaired) electrons. The molecule has 0 aliphatic carbocycles. The van der Waals surface area contributed by atoms with Gasteiger partial charge in [0.25, 0.3) is 0 Å². The van der Waals surface area contributed by atoms with Crippen molar-refractivity contribution in [1.29, 1.82) is 0 Å². The first-order valence-corrected chi connectivity index (χ1v) is 10.3. The predicted molar refractivity (Wildman–Crippen MR) is 108 cm³/mol. The van der Waals surface area contributed by atoms with Crippen LogP contribution in [0.3, 0.4) is 0 Å². The molecule has 21 heavy (non-hydrogen) atoms. The van der Waals surface area contributed by atoms with Gasteiger partial charge in [0.05, 0.1) is 5.54 Å². The second-order valence-electron chi connectivity index (χ2n) is 5.43. The van der Waals surface area contributed by atoms with Gasteiger partial charge in [0, 0.05) is 35.5 Å². The van der Waals surface area contributed by atoms with Crippen molar-refractivity contribution in [3.63, 3.8) is 0 Å². The summed E-state index contributed by atoms with van der Waals surface area (Å²) in [4.78, 5) is 0. The molecule has 0 fully saturated rings. The Morgan fingerprint density at radius 3 is 2.24 bits per heavy atom. The van der Waals surface area contributed by atoms with Gasteiger partial charge < -0.3 is 0 Å². The van der Waals surface area contributed by atoms with Gasteiger partial charge in [-0.05, 0) is 20.3 Å². The van der Waals surface area contributed by atoms with Crippen LogP contribution in [0.4, 0.5) is 0 Å². The number of hydrogen-bond acceptors (Lipinski definition) is 6. The highest BCUT2D eigenvalue weighted by Gasteiger charge is 2.33. The average molecular weight is 526 g/mol. The Morgan fingerprint density at radius 1 is 1.19 bits per heavy atom. The van der Waals surface area contributed by atoms with Crippen LogP contribution in [-0.2, 0) is 0 Å². The molecule has 0 aliphatic rings. The van der Waals surface area contributed by atoms with E-state index in [2.05, 4.69) is 101 Å². The molecule has 2 unspecified atom stereocenters. The SMILES string of the molecule is CCCCNN(CC)NN(C)NN(C)C(C)(CI)C(C)I. The summed E-state index contributed by atoms with van der Waals surface area (Å²) < 4.78 is 1.58. The van der Waals surface area contributed by atoms with Crippen molar-refractivity contribution in [3.05, 3.63) is 0 Å². The lowest BCUT2D eigenvalue weighted by Crippen LogP contribution is -2.66. The van der Waals surface area contributed by atoms with Crippen LogP contribution in [0.2, 0.25) is 0 Å². The van der Waals surface area contributed by atoms with Gasteiger partial charge in [0.2, 0.25) is 0 Å². The van der Waals surface area contributed by atoms with Crippen molar-refractivity contribution in [2.75, 3.05) is 31.6 Å². The molecular weight excluding hydrogens is 494 g/mol. The van der Waals surface area contributed by atoms with E-state index in [9.17, 15) is 0 Å². The van der Waals surface area contributed by atoms with E-state index in [-0.39, 0.29) is 5.54 Å². The molecule has 2 atom stereocenters. The third-order valence-electron chi connectivity index (χ3n) is 3.61. The maximum absolute atomic E-state index is 3.37. The van der Waals surface area contributed by atoms with E-state index >= 15 is 0 Å². The fraction of sp³-hybridized carbons (Fsp3) is 1.00. The average Bonchev–Trinajstić information content (AvgIpc) is 2.44. The molecule has 0 aromatic carbocycles. The lowest BCUT2D eigenvalue weighted by atomic mass is 10.0. The number of nitrogens with zero attached hydrogens (tertiary/aromatic N) is 3. The Kier molecular flexibility index (Phi) is 12.4. The van der Waals surface area contributed by atoms with Gasteiger partial charge in [-0.3, -0.25) is 0 Å². The van der Waals surface area contributed by atoms with Crippen LogP contribution in [0.5, 0.6) is 0 Å². The van der Waals surface area contributed by atoms with Crippen molar-refractivity contribution in [3.8, 4) is 0 Å². The number of alkyl halides is 2. The van der Waals surface area contributed by atoms with Crippen molar-refractivity contribution in [1.82, 2.24) is 31.7 Å². The van der Waals surface area contributed by atoms with E-state index in [4.69, 9.17) is 0 Å². The van der Waals surface area contributed by atoms with Gasteiger partial charge in [-0.25, -0.2) is 10.4 Å². The van der Waals surface area contributed by atoms with E-state index in [0.29, 0.717) is 3.92 Å². The Balaban J connectivity index is 4.35. The second-order valence-corrected chi connectivity index (χ2v) is 8.06. The van der Waals surface area contributed by atoms with E-state index < -0.39 is 0 Å². The summed E-state index contributed by atoms with van der Waals surface area (Å²) in [5.41, 5.74) is 10.1. The van der Waals surface area contributed by atoms with Gasteiger partial charge in [0.15, 0.2) is 0 Å². The minimum absolute atomic E-state index is 0.0870. The summed E-state index contributed by atoms with van der Waals surface area (Å²) in [5.74, 6) is 0. The Hall–Kier alpha value is 1.22. The van der Waals surface area contributed by atoms with Gasteiger partial charge in [-0.1, -0.05) is 65.5 Å². The van der Waals surface area contributed by atoms with Gasteiger partial charge in [-0.2, -0.15) is 21.3 Å². The lowest BCUT2D eigenvalue weighted by molar-refractivity contribution is -0.0973. The zero-order valence-electron chi connectivity index (χ0n) is 14.2. The summed E-state index contributed by atoms with van der Waals surface area (Å²) in [6, 6.07) is 0. The Morgan fingerprint density at radius 2 is 1.81 bits per heavy atom. The normalized spacial score (nSPS) is 16.7. The monoisotopic (exact) mass is 526 g/mol. The highest BCUT2D eigenvalue weighted by molar-refractivity contribution is 14.1. The highest BCUT2D eigenvalue weighted by atomic mass is 127. The number of nitrogens with one attached hydrogen (secondary N) is 3. The third kappa shape index (κ3) is 8.04. The van der Waals surface area contributed by atoms with E-state index in [1.165, 1.54) is 12.8 Å². The molecule has 0 spiro atoms. The van der Waals surface area contributed by atoms with E-state index in [0.717, 1.165) is 17.5 Å². The molecule has 128 valence electrons. The third-order valence-corrected chi connectivity index (χ3v) is 6.50. The van der Waals surface area contributed by atoms with E-state index in [1.54, 1.807) is 0 Å². The first-order valence-electron chi connectivity index (χ1n) is 7.53. The first-order chi connectivity index (χ1) is 9.81.